The third kappa shape index (κ3) is 2.11. The van der Waals surface area contributed by atoms with Crippen LogP contribution in [0, 0.1) is 0 Å². The van der Waals surface area contributed by atoms with Gasteiger partial charge in [-0.2, -0.15) is 0 Å². The number of nitrogens with one attached hydrogen (secondary N) is 1. The fourth-order valence-corrected chi connectivity index (χ4v) is 1.38. The SMILES string of the molecule is CNc1ccnc(-c2ccc(OC)cc2)n1. The van der Waals surface area contributed by atoms with E-state index in [1.165, 1.54) is 0 Å². The van der Waals surface area contributed by atoms with Gasteiger partial charge in [-0.05, 0) is 30.3 Å². The number of ether oxygens (including phenoxy) is 1. The van der Waals surface area contributed by atoms with Gasteiger partial charge in [0.1, 0.15) is 11.6 Å². The Balaban J connectivity index is 2.34. The summed E-state index contributed by atoms with van der Waals surface area (Å²) in [5.41, 5.74) is 0.970. The number of aromatic nitrogens is 2. The van der Waals surface area contributed by atoms with Crippen LogP contribution in [0.3, 0.4) is 0 Å². The molecular formula is C12H13N3O. The summed E-state index contributed by atoms with van der Waals surface area (Å²) in [5, 5.41) is 2.98. The largest absolute Gasteiger partial charge is 0.497 e. The normalized spacial score (nSPS) is 9.88. The molecular weight excluding hydrogens is 202 g/mol. The molecule has 1 aromatic heterocycles. The third-order valence-corrected chi connectivity index (χ3v) is 2.26. The minimum absolute atomic E-state index is 0.703. The van der Waals surface area contributed by atoms with Crippen LogP contribution in [0.5, 0.6) is 5.75 Å². The van der Waals surface area contributed by atoms with E-state index < -0.39 is 0 Å². The van der Waals surface area contributed by atoms with Gasteiger partial charge in [0.15, 0.2) is 5.82 Å². The van der Waals surface area contributed by atoms with Gasteiger partial charge in [0, 0.05) is 18.8 Å². The van der Waals surface area contributed by atoms with Crippen LogP contribution < -0.4 is 10.1 Å². The zero-order chi connectivity index (χ0) is 11.4. The Morgan fingerprint density at radius 1 is 1.12 bits per heavy atom. The van der Waals surface area contributed by atoms with Crippen molar-refractivity contribution in [2.75, 3.05) is 19.5 Å². The van der Waals surface area contributed by atoms with Gasteiger partial charge in [0.05, 0.1) is 7.11 Å². The molecule has 1 heterocycles. The molecule has 1 aromatic carbocycles. The van der Waals surface area contributed by atoms with Gasteiger partial charge >= 0.3 is 0 Å². The van der Waals surface area contributed by atoms with Gasteiger partial charge in [-0.3, -0.25) is 0 Å². The Kier molecular flexibility index (Phi) is 3.00. The molecule has 0 aliphatic rings. The van der Waals surface area contributed by atoms with Crippen molar-refractivity contribution >= 4 is 5.82 Å². The molecule has 0 radical (unpaired) electrons. The first-order chi connectivity index (χ1) is 7.83. The van der Waals surface area contributed by atoms with Crippen LogP contribution in [0.2, 0.25) is 0 Å². The Bertz CT molecular complexity index is 468. The second-order valence-electron chi connectivity index (χ2n) is 3.24. The van der Waals surface area contributed by atoms with Gasteiger partial charge in [-0.1, -0.05) is 0 Å². The highest BCUT2D eigenvalue weighted by Crippen LogP contribution is 2.19. The molecule has 16 heavy (non-hydrogen) atoms. The molecule has 0 saturated carbocycles. The molecule has 0 aliphatic heterocycles. The van der Waals surface area contributed by atoms with E-state index in [9.17, 15) is 0 Å². The van der Waals surface area contributed by atoms with Crippen LogP contribution in [-0.2, 0) is 0 Å². The number of rotatable bonds is 3. The minimum Gasteiger partial charge on any atom is -0.497 e. The fourth-order valence-electron chi connectivity index (χ4n) is 1.38. The van der Waals surface area contributed by atoms with E-state index >= 15 is 0 Å². The first-order valence-corrected chi connectivity index (χ1v) is 4.98. The Hall–Kier alpha value is -2.10. The summed E-state index contributed by atoms with van der Waals surface area (Å²) in [7, 11) is 3.48. The fraction of sp³-hybridized carbons (Fsp3) is 0.167. The summed E-state index contributed by atoms with van der Waals surface area (Å²) in [6, 6.07) is 9.49. The molecule has 1 N–H and O–H groups in total. The average Bonchev–Trinajstić information content (AvgIpc) is 2.39. The van der Waals surface area contributed by atoms with Gasteiger partial charge in [0.25, 0.3) is 0 Å². The van der Waals surface area contributed by atoms with Crippen molar-refractivity contribution in [3.63, 3.8) is 0 Å². The molecule has 0 unspecified atom stereocenters. The summed E-state index contributed by atoms with van der Waals surface area (Å²) in [6.07, 6.45) is 1.73. The van der Waals surface area contributed by atoms with E-state index in [1.807, 2.05) is 37.4 Å². The summed E-state index contributed by atoms with van der Waals surface area (Å²) in [4.78, 5) is 8.58. The van der Waals surface area contributed by atoms with Gasteiger partial charge in [-0.25, -0.2) is 9.97 Å². The second-order valence-corrected chi connectivity index (χ2v) is 3.24. The lowest BCUT2D eigenvalue weighted by Gasteiger charge is -2.04. The first kappa shape index (κ1) is 10.4. The molecule has 4 heteroatoms. The van der Waals surface area contributed by atoms with Crippen LogP contribution in [0.4, 0.5) is 5.82 Å². The van der Waals surface area contributed by atoms with E-state index in [0.717, 1.165) is 17.1 Å². The summed E-state index contributed by atoms with van der Waals surface area (Å²) >= 11 is 0. The van der Waals surface area contributed by atoms with Gasteiger partial charge in [0.2, 0.25) is 0 Å². The van der Waals surface area contributed by atoms with Crippen molar-refractivity contribution in [2.24, 2.45) is 0 Å². The smallest absolute Gasteiger partial charge is 0.161 e. The first-order valence-electron chi connectivity index (χ1n) is 4.98. The van der Waals surface area contributed by atoms with Crippen molar-refractivity contribution in [3.8, 4) is 17.1 Å². The quantitative estimate of drug-likeness (QED) is 0.852. The van der Waals surface area contributed by atoms with Crippen LogP contribution in [-0.4, -0.2) is 24.1 Å². The average molecular weight is 215 g/mol. The predicted octanol–water partition coefficient (Wildman–Crippen LogP) is 2.19. The second kappa shape index (κ2) is 4.61. The Morgan fingerprint density at radius 2 is 1.88 bits per heavy atom. The minimum atomic E-state index is 0.703. The monoisotopic (exact) mass is 215 g/mol. The molecule has 0 atom stereocenters. The summed E-state index contributed by atoms with van der Waals surface area (Å²) in [5.74, 6) is 2.34. The summed E-state index contributed by atoms with van der Waals surface area (Å²) < 4.78 is 5.10. The van der Waals surface area contributed by atoms with Gasteiger partial charge in [-0.15, -0.1) is 0 Å². The van der Waals surface area contributed by atoms with E-state index in [0.29, 0.717) is 5.82 Å². The molecule has 0 amide bonds. The van der Waals surface area contributed by atoms with E-state index in [-0.39, 0.29) is 0 Å². The highest BCUT2D eigenvalue weighted by Gasteiger charge is 2.01. The van der Waals surface area contributed by atoms with Crippen molar-refractivity contribution < 1.29 is 4.74 Å². The topological polar surface area (TPSA) is 47.0 Å². The number of hydrogen-bond donors (Lipinski definition) is 1. The molecule has 0 fully saturated rings. The van der Waals surface area contributed by atoms with E-state index in [2.05, 4.69) is 15.3 Å². The van der Waals surface area contributed by atoms with Crippen molar-refractivity contribution in [1.29, 1.82) is 0 Å². The molecule has 4 nitrogen and oxygen atoms in total. The molecule has 2 rings (SSSR count). The Labute approximate surface area is 94.3 Å². The number of anilines is 1. The highest BCUT2D eigenvalue weighted by atomic mass is 16.5. The van der Waals surface area contributed by atoms with Crippen molar-refractivity contribution in [1.82, 2.24) is 9.97 Å². The van der Waals surface area contributed by atoms with Crippen LogP contribution in [0.25, 0.3) is 11.4 Å². The number of nitrogens with zero attached hydrogens (tertiary/aromatic N) is 2. The molecule has 0 saturated heterocycles. The maximum Gasteiger partial charge on any atom is 0.161 e. The Morgan fingerprint density at radius 3 is 2.50 bits per heavy atom. The lowest BCUT2D eigenvalue weighted by molar-refractivity contribution is 0.415. The van der Waals surface area contributed by atoms with Gasteiger partial charge < -0.3 is 10.1 Å². The maximum absolute atomic E-state index is 5.10. The lowest BCUT2D eigenvalue weighted by Crippen LogP contribution is -1.95. The highest BCUT2D eigenvalue weighted by molar-refractivity contribution is 5.57. The standard InChI is InChI=1S/C12H13N3O/c1-13-11-7-8-14-12(15-11)9-3-5-10(16-2)6-4-9/h3-8H,1-2H3,(H,13,14,15). The summed E-state index contributed by atoms with van der Waals surface area (Å²) in [6.45, 7) is 0. The van der Waals surface area contributed by atoms with Crippen LogP contribution >= 0.6 is 0 Å². The number of hydrogen-bond acceptors (Lipinski definition) is 4. The van der Waals surface area contributed by atoms with E-state index in [1.54, 1.807) is 13.3 Å². The van der Waals surface area contributed by atoms with Crippen molar-refractivity contribution in [2.45, 2.75) is 0 Å². The van der Waals surface area contributed by atoms with E-state index in [4.69, 9.17) is 4.74 Å². The molecule has 0 aliphatic carbocycles. The lowest BCUT2D eigenvalue weighted by atomic mass is 10.2. The van der Waals surface area contributed by atoms with Crippen LogP contribution in [0.15, 0.2) is 36.5 Å². The molecule has 2 aromatic rings. The zero-order valence-corrected chi connectivity index (χ0v) is 9.27. The van der Waals surface area contributed by atoms with Crippen LogP contribution in [0.1, 0.15) is 0 Å². The maximum atomic E-state index is 5.10. The number of benzene rings is 1. The molecule has 82 valence electrons. The van der Waals surface area contributed by atoms with Crippen molar-refractivity contribution in [3.05, 3.63) is 36.5 Å². The molecule has 0 bridgehead atoms. The third-order valence-electron chi connectivity index (χ3n) is 2.26. The predicted molar refractivity (Wildman–Crippen MR) is 63.6 cm³/mol. The molecule has 0 spiro atoms. The zero-order valence-electron chi connectivity index (χ0n) is 9.27. The number of methoxy groups -OCH3 is 1.